The summed E-state index contributed by atoms with van der Waals surface area (Å²) in [7, 11) is 0. The third-order valence-electron chi connectivity index (χ3n) is 2.31. The van der Waals surface area contributed by atoms with Crippen molar-refractivity contribution in [2.45, 2.75) is 26.4 Å². The second-order valence-electron chi connectivity index (χ2n) is 3.62. The Morgan fingerprint density at radius 2 is 2.00 bits per heavy atom. The SMILES string of the molecule is C=C1C(C)(C)OC(=O)C1(C)C#N. The zero-order chi connectivity index (χ0) is 9.57. The third kappa shape index (κ3) is 0.845. The molecule has 0 N–H and O–H groups in total. The summed E-state index contributed by atoms with van der Waals surface area (Å²) in [5, 5.41) is 8.79. The van der Waals surface area contributed by atoms with Crippen molar-refractivity contribution < 1.29 is 9.53 Å². The van der Waals surface area contributed by atoms with Gasteiger partial charge in [0.15, 0.2) is 5.41 Å². The van der Waals surface area contributed by atoms with E-state index in [9.17, 15) is 4.79 Å². The van der Waals surface area contributed by atoms with Gasteiger partial charge in [0.05, 0.1) is 6.07 Å². The molecular weight excluding hydrogens is 154 g/mol. The van der Waals surface area contributed by atoms with Gasteiger partial charge in [-0.2, -0.15) is 5.26 Å². The lowest BCUT2D eigenvalue weighted by Gasteiger charge is -2.18. The zero-order valence-corrected chi connectivity index (χ0v) is 7.47. The molecule has 1 aliphatic heterocycles. The Kier molecular flexibility index (Phi) is 1.54. The first kappa shape index (κ1) is 8.79. The number of carbonyl (C=O) groups excluding carboxylic acids is 1. The Labute approximate surface area is 71.6 Å². The Balaban J connectivity index is 3.20. The lowest BCUT2D eigenvalue weighted by molar-refractivity contribution is -0.149. The topological polar surface area (TPSA) is 50.1 Å². The summed E-state index contributed by atoms with van der Waals surface area (Å²) in [6, 6.07) is 1.92. The van der Waals surface area contributed by atoms with Crippen LogP contribution in [-0.4, -0.2) is 11.6 Å². The highest BCUT2D eigenvalue weighted by molar-refractivity contribution is 5.87. The van der Waals surface area contributed by atoms with Crippen molar-refractivity contribution in [1.82, 2.24) is 0 Å². The summed E-state index contributed by atoms with van der Waals surface area (Å²) in [6.07, 6.45) is 0. The number of cyclic esters (lactones) is 1. The second-order valence-corrected chi connectivity index (χ2v) is 3.62. The van der Waals surface area contributed by atoms with Crippen LogP contribution >= 0.6 is 0 Å². The molecule has 0 spiro atoms. The minimum Gasteiger partial charge on any atom is -0.454 e. The standard InChI is InChI=1S/C9H11NO2/c1-6-8(2,3)12-7(11)9(6,4)5-10/h1H2,2-4H3. The van der Waals surface area contributed by atoms with Crippen LogP contribution < -0.4 is 0 Å². The van der Waals surface area contributed by atoms with Gasteiger partial charge >= 0.3 is 5.97 Å². The van der Waals surface area contributed by atoms with E-state index in [1.165, 1.54) is 6.92 Å². The largest absolute Gasteiger partial charge is 0.454 e. The van der Waals surface area contributed by atoms with Crippen LogP contribution in [0.2, 0.25) is 0 Å². The summed E-state index contributed by atoms with van der Waals surface area (Å²) in [5.74, 6) is -0.500. The first-order chi connectivity index (χ1) is 5.34. The predicted octanol–water partition coefficient (Wildman–Crippen LogP) is 1.41. The predicted molar refractivity (Wildman–Crippen MR) is 43.0 cm³/mol. The monoisotopic (exact) mass is 165 g/mol. The Hall–Kier alpha value is -1.30. The first-order valence-corrected chi connectivity index (χ1v) is 3.69. The van der Waals surface area contributed by atoms with Gasteiger partial charge in [-0.3, -0.25) is 0 Å². The quantitative estimate of drug-likeness (QED) is 0.402. The van der Waals surface area contributed by atoms with Crippen LogP contribution in [0, 0.1) is 16.7 Å². The van der Waals surface area contributed by atoms with Crippen LogP contribution in [0.5, 0.6) is 0 Å². The van der Waals surface area contributed by atoms with Crippen molar-refractivity contribution >= 4 is 5.97 Å². The fraction of sp³-hybridized carbons (Fsp3) is 0.556. The molecule has 0 bridgehead atoms. The third-order valence-corrected chi connectivity index (χ3v) is 2.31. The van der Waals surface area contributed by atoms with Gasteiger partial charge in [0.25, 0.3) is 0 Å². The van der Waals surface area contributed by atoms with Crippen LogP contribution in [0.1, 0.15) is 20.8 Å². The maximum atomic E-state index is 11.2. The second kappa shape index (κ2) is 2.10. The van der Waals surface area contributed by atoms with Crippen LogP contribution in [0.3, 0.4) is 0 Å². The minimum atomic E-state index is -1.16. The van der Waals surface area contributed by atoms with E-state index >= 15 is 0 Å². The lowest BCUT2D eigenvalue weighted by atomic mass is 9.80. The van der Waals surface area contributed by atoms with Crippen LogP contribution in [0.4, 0.5) is 0 Å². The molecule has 1 heterocycles. The van der Waals surface area contributed by atoms with Gasteiger partial charge < -0.3 is 4.74 Å². The van der Waals surface area contributed by atoms with Gasteiger partial charge in [0.1, 0.15) is 5.60 Å². The van der Waals surface area contributed by atoms with Crippen molar-refractivity contribution in [3.8, 4) is 6.07 Å². The van der Waals surface area contributed by atoms with Crippen molar-refractivity contribution in [2.24, 2.45) is 5.41 Å². The summed E-state index contributed by atoms with van der Waals surface area (Å²) in [4.78, 5) is 11.2. The van der Waals surface area contributed by atoms with Gasteiger partial charge in [-0.15, -0.1) is 0 Å². The van der Waals surface area contributed by atoms with E-state index in [0.717, 1.165) is 0 Å². The maximum absolute atomic E-state index is 11.2. The minimum absolute atomic E-state index is 0.500. The molecule has 0 aliphatic carbocycles. The summed E-state index contributed by atoms with van der Waals surface area (Å²) >= 11 is 0. The molecule has 3 nitrogen and oxygen atoms in total. The Morgan fingerprint density at radius 1 is 1.50 bits per heavy atom. The highest BCUT2D eigenvalue weighted by Crippen LogP contribution is 2.43. The number of esters is 1. The number of nitriles is 1. The molecule has 0 radical (unpaired) electrons. The van der Waals surface area contributed by atoms with Crippen molar-refractivity contribution in [3.05, 3.63) is 12.2 Å². The van der Waals surface area contributed by atoms with Crippen LogP contribution in [0.15, 0.2) is 12.2 Å². The molecule has 3 heteroatoms. The summed E-state index contributed by atoms with van der Waals surface area (Å²) in [6.45, 7) is 8.71. The normalized spacial score (nSPS) is 32.8. The number of hydrogen-bond donors (Lipinski definition) is 0. The van der Waals surface area contributed by atoms with Gasteiger partial charge in [-0.05, 0) is 26.3 Å². The van der Waals surface area contributed by atoms with Gasteiger partial charge in [-0.1, -0.05) is 6.58 Å². The van der Waals surface area contributed by atoms with E-state index in [4.69, 9.17) is 10.00 Å². The van der Waals surface area contributed by atoms with Crippen LogP contribution in [-0.2, 0) is 9.53 Å². The number of ether oxygens (including phenoxy) is 1. The van der Waals surface area contributed by atoms with E-state index in [0.29, 0.717) is 5.57 Å². The molecule has 0 aromatic heterocycles. The van der Waals surface area contributed by atoms with E-state index in [1.807, 2.05) is 6.07 Å². The molecule has 1 rings (SSSR count). The average Bonchev–Trinajstić information content (AvgIpc) is 2.13. The van der Waals surface area contributed by atoms with E-state index in [2.05, 4.69) is 6.58 Å². The highest BCUT2D eigenvalue weighted by Gasteiger charge is 2.53. The van der Waals surface area contributed by atoms with Crippen molar-refractivity contribution in [1.29, 1.82) is 5.26 Å². The first-order valence-electron chi connectivity index (χ1n) is 3.69. The molecule has 1 fully saturated rings. The number of hydrogen-bond acceptors (Lipinski definition) is 3. The van der Waals surface area contributed by atoms with Gasteiger partial charge in [0, 0.05) is 0 Å². The molecule has 64 valence electrons. The van der Waals surface area contributed by atoms with Crippen LogP contribution in [0.25, 0.3) is 0 Å². The molecule has 0 aromatic rings. The smallest absolute Gasteiger partial charge is 0.331 e. The van der Waals surface area contributed by atoms with E-state index in [1.54, 1.807) is 13.8 Å². The molecule has 12 heavy (non-hydrogen) atoms. The molecule has 0 amide bonds. The number of carbonyl (C=O) groups is 1. The molecule has 1 unspecified atom stereocenters. The maximum Gasteiger partial charge on any atom is 0.331 e. The molecule has 1 atom stereocenters. The molecule has 1 saturated heterocycles. The molecule has 0 saturated carbocycles. The lowest BCUT2D eigenvalue weighted by Crippen LogP contribution is -2.23. The average molecular weight is 165 g/mol. The highest BCUT2D eigenvalue weighted by atomic mass is 16.6. The van der Waals surface area contributed by atoms with Gasteiger partial charge in [-0.25, -0.2) is 4.79 Å². The molecule has 1 aliphatic rings. The molecular formula is C9H11NO2. The van der Waals surface area contributed by atoms with E-state index < -0.39 is 17.0 Å². The van der Waals surface area contributed by atoms with Gasteiger partial charge in [0.2, 0.25) is 0 Å². The Morgan fingerprint density at radius 3 is 2.17 bits per heavy atom. The fourth-order valence-electron chi connectivity index (χ4n) is 1.23. The summed E-state index contributed by atoms with van der Waals surface area (Å²) in [5.41, 5.74) is -1.34. The number of nitrogens with zero attached hydrogens (tertiary/aromatic N) is 1. The fourth-order valence-corrected chi connectivity index (χ4v) is 1.23. The summed E-state index contributed by atoms with van der Waals surface area (Å²) < 4.78 is 5.01. The number of rotatable bonds is 0. The van der Waals surface area contributed by atoms with Crippen molar-refractivity contribution in [2.75, 3.05) is 0 Å². The zero-order valence-electron chi connectivity index (χ0n) is 7.47. The Bertz CT molecular complexity index is 298. The van der Waals surface area contributed by atoms with Crippen molar-refractivity contribution in [3.63, 3.8) is 0 Å². The molecule has 0 aromatic carbocycles. The van der Waals surface area contributed by atoms with E-state index in [-0.39, 0.29) is 0 Å².